The Labute approximate surface area is 103 Å². The van der Waals surface area contributed by atoms with E-state index in [1.807, 2.05) is 24.1 Å². The van der Waals surface area contributed by atoms with Crippen LogP contribution in [-0.2, 0) is 0 Å². The first-order valence-electron chi connectivity index (χ1n) is 6.51. The van der Waals surface area contributed by atoms with Crippen LogP contribution < -0.4 is 0 Å². The number of likely N-dealkylation sites (tertiary alicyclic amines) is 1. The summed E-state index contributed by atoms with van der Waals surface area (Å²) >= 11 is 0. The van der Waals surface area contributed by atoms with E-state index in [9.17, 15) is 4.79 Å². The number of hydrogen-bond acceptors (Lipinski definition) is 1. The zero-order chi connectivity index (χ0) is 12.4. The lowest BCUT2D eigenvalue weighted by Crippen LogP contribution is -2.34. The highest BCUT2D eigenvalue weighted by atomic mass is 16.2. The highest BCUT2D eigenvalue weighted by Crippen LogP contribution is 2.22. The van der Waals surface area contributed by atoms with Crippen molar-refractivity contribution in [1.29, 1.82) is 0 Å². The van der Waals surface area contributed by atoms with E-state index in [-0.39, 0.29) is 5.91 Å². The van der Waals surface area contributed by atoms with Crippen LogP contribution in [0.1, 0.15) is 42.7 Å². The lowest BCUT2D eigenvalue weighted by molar-refractivity contribution is 0.0744. The van der Waals surface area contributed by atoms with Gasteiger partial charge in [-0.1, -0.05) is 13.8 Å². The molecule has 1 fully saturated rings. The molecule has 0 saturated carbocycles. The third-order valence-corrected chi connectivity index (χ3v) is 3.70. The van der Waals surface area contributed by atoms with Crippen LogP contribution in [0, 0.1) is 18.8 Å². The minimum atomic E-state index is 0.185. The molecule has 17 heavy (non-hydrogen) atoms. The van der Waals surface area contributed by atoms with Gasteiger partial charge in [-0.3, -0.25) is 4.79 Å². The van der Waals surface area contributed by atoms with Crippen molar-refractivity contribution < 1.29 is 4.79 Å². The van der Waals surface area contributed by atoms with Gasteiger partial charge in [0.1, 0.15) is 0 Å². The molecule has 0 bridgehead atoms. The first-order valence-corrected chi connectivity index (χ1v) is 6.51. The number of aromatic nitrogens is 1. The molecule has 1 amide bonds. The van der Waals surface area contributed by atoms with Crippen LogP contribution in [0.15, 0.2) is 12.3 Å². The van der Waals surface area contributed by atoms with Crippen LogP contribution in [0.25, 0.3) is 0 Å². The van der Waals surface area contributed by atoms with Gasteiger partial charge in [0.25, 0.3) is 5.91 Å². The summed E-state index contributed by atoms with van der Waals surface area (Å²) in [4.78, 5) is 17.5. The second-order valence-electron chi connectivity index (χ2n) is 5.50. The molecular formula is C14H22N2O. The molecule has 3 heteroatoms. The number of H-pyrrole nitrogens is 1. The van der Waals surface area contributed by atoms with Crippen LogP contribution in [0.4, 0.5) is 0 Å². The van der Waals surface area contributed by atoms with Crippen LogP contribution in [0.2, 0.25) is 0 Å². The van der Waals surface area contributed by atoms with Crippen LogP contribution >= 0.6 is 0 Å². The molecule has 3 nitrogen and oxygen atoms in total. The van der Waals surface area contributed by atoms with E-state index in [0.717, 1.165) is 36.7 Å². The maximum Gasteiger partial charge on any atom is 0.255 e. The molecule has 2 atom stereocenters. The largest absolute Gasteiger partial charge is 0.365 e. The predicted octanol–water partition coefficient (Wildman–Crippen LogP) is 2.83. The second-order valence-corrected chi connectivity index (χ2v) is 5.50. The van der Waals surface area contributed by atoms with Crippen molar-refractivity contribution in [2.45, 2.75) is 33.6 Å². The average molecular weight is 234 g/mol. The van der Waals surface area contributed by atoms with E-state index in [1.54, 1.807) is 0 Å². The molecular weight excluding hydrogens is 212 g/mol. The molecule has 94 valence electrons. The fourth-order valence-electron chi connectivity index (χ4n) is 2.76. The molecule has 2 heterocycles. The lowest BCUT2D eigenvalue weighted by Gasteiger charge is -2.22. The number of aromatic amines is 1. The minimum Gasteiger partial charge on any atom is -0.365 e. The average Bonchev–Trinajstić information content (AvgIpc) is 2.61. The number of nitrogens with zero attached hydrogens (tertiary/aromatic N) is 1. The Morgan fingerprint density at radius 3 is 2.82 bits per heavy atom. The fourth-order valence-corrected chi connectivity index (χ4v) is 2.76. The first kappa shape index (κ1) is 12.2. The summed E-state index contributed by atoms with van der Waals surface area (Å²) in [7, 11) is 0. The Kier molecular flexibility index (Phi) is 3.55. The first-order chi connectivity index (χ1) is 8.08. The summed E-state index contributed by atoms with van der Waals surface area (Å²) in [5, 5.41) is 0. The van der Waals surface area contributed by atoms with Gasteiger partial charge in [-0.15, -0.1) is 0 Å². The van der Waals surface area contributed by atoms with Gasteiger partial charge in [0.15, 0.2) is 0 Å². The summed E-state index contributed by atoms with van der Waals surface area (Å²) in [6.07, 6.45) is 4.20. The van der Waals surface area contributed by atoms with Crippen molar-refractivity contribution in [3.8, 4) is 0 Å². The second kappa shape index (κ2) is 4.94. The molecule has 1 N–H and O–H groups in total. The third-order valence-electron chi connectivity index (χ3n) is 3.70. The monoisotopic (exact) mass is 234 g/mol. The normalized spacial score (nSPS) is 25.7. The SMILES string of the molecule is Cc1[nH]ccc1C(=O)N1CC[C@H](C)C[C@H](C)C1. The van der Waals surface area contributed by atoms with Crippen LogP contribution in [0.3, 0.4) is 0 Å². The van der Waals surface area contributed by atoms with Crippen molar-refractivity contribution in [1.82, 2.24) is 9.88 Å². The molecule has 2 rings (SSSR count). The summed E-state index contributed by atoms with van der Waals surface area (Å²) < 4.78 is 0. The number of carbonyl (C=O) groups is 1. The molecule has 0 aromatic carbocycles. The number of aryl methyl sites for hydroxylation is 1. The Hall–Kier alpha value is -1.25. The van der Waals surface area contributed by atoms with E-state index in [4.69, 9.17) is 0 Å². The summed E-state index contributed by atoms with van der Waals surface area (Å²) in [5.41, 5.74) is 1.80. The van der Waals surface area contributed by atoms with Gasteiger partial charge in [0, 0.05) is 25.0 Å². The number of nitrogens with one attached hydrogen (secondary N) is 1. The number of rotatable bonds is 1. The maximum atomic E-state index is 12.4. The standard InChI is InChI=1S/C14H22N2O/c1-10-5-7-16(9-11(2)8-10)14(17)13-4-6-15-12(13)3/h4,6,10-11,15H,5,7-9H2,1-3H3/t10-,11-/m0/s1. The lowest BCUT2D eigenvalue weighted by atomic mass is 9.97. The van der Waals surface area contributed by atoms with Crippen LogP contribution in [-0.4, -0.2) is 28.9 Å². The zero-order valence-electron chi connectivity index (χ0n) is 11.0. The number of amides is 1. The quantitative estimate of drug-likeness (QED) is 0.797. The van der Waals surface area contributed by atoms with Gasteiger partial charge in [-0.05, 0) is 37.7 Å². The molecule has 0 spiro atoms. The van der Waals surface area contributed by atoms with Gasteiger partial charge >= 0.3 is 0 Å². The third kappa shape index (κ3) is 2.71. The summed E-state index contributed by atoms with van der Waals surface area (Å²) in [5.74, 6) is 1.52. The highest BCUT2D eigenvalue weighted by molar-refractivity contribution is 5.95. The molecule has 1 saturated heterocycles. The van der Waals surface area contributed by atoms with E-state index in [1.165, 1.54) is 6.42 Å². The number of carbonyl (C=O) groups excluding carboxylic acids is 1. The molecule has 0 radical (unpaired) electrons. The van der Waals surface area contributed by atoms with Crippen molar-refractivity contribution in [2.75, 3.05) is 13.1 Å². The van der Waals surface area contributed by atoms with Crippen molar-refractivity contribution in [3.63, 3.8) is 0 Å². The fraction of sp³-hybridized carbons (Fsp3) is 0.643. The van der Waals surface area contributed by atoms with Gasteiger partial charge < -0.3 is 9.88 Å². The Balaban J connectivity index is 2.12. The van der Waals surface area contributed by atoms with Crippen molar-refractivity contribution >= 4 is 5.91 Å². The Morgan fingerprint density at radius 2 is 2.18 bits per heavy atom. The van der Waals surface area contributed by atoms with Crippen LogP contribution in [0.5, 0.6) is 0 Å². The smallest absolute Gasteiger partial charge is 0.255 e. The van der Waals surface area contributed by atoms with Gasteiger partial charge in [-0.25, -0.2) is 0 Å². The summed E-state index contributed by atoms with van der Waals surface area (Å²) in [6.45, 7) is 8.28. The van der Waals surface area contributed by atoms with Gasteiger partial charge in [-0.2, -0.15) is 0 Å². The highest BCUT2D eigenvalue weighted by Gasteiger charge is 2.24. The molecule has 1 aromatic heterocycles. The molecule has 1 aliphatic heterocycles. The van der Waals surface area contributed by atoms with Gasteiger partial charge in [0.05, 0.1) is 5.56 Å². The van der Waals surface area contributed by atoms with Gasteiger partial charge in [0.2, 0.25) is 0 Å². The molecule has 1 aromatic rings. The molecule has 1 aliphatic rings. The van der Waals surface area contributed by atoms with E-state index in [0.29, 0.717) is 5.92 Å². The van der Waals surface area contributed by atoms with E-state index in [2.05, 4.69) is 18.8 Å². The Morgan fingerprint density at radius 1 is 1.41 bits per heavy atom. The topological polar surface area (TPSA) is 36.1 Å². The maximum absolute atomic E-state index is 12.4. The summed E-state index contributed by atoms with van der Waals surface area (Å²) in [6, 6.07) is 1.89. The predicted molar refractivity (Wildman–Crippen MR) is 69.0 cm³/mol. The minimum absolute atomic E-state index is 0.185. The molecule has 0 aliphatic carbocycles. The molecule has 0 unspecified atom stereocenters. The Bertz CT molecular complexity index is 397. The van der Waals surface area contributed by atoms with E-state index >= 15 is 0 Å². The van der Waals surface area contributed by atoms with Crippen molar-refractivity contribution in [3.05, 3.63) is 23.5 Å². The zero-order valence-corrected chi connectivity index (χ0v) is 11.0. The van der Waals surface area contributed by atoms with Crippen molar-refractivity contribution in [2.24, 2.45) is 11.8 Å². The number of hydrogen-bond donors (Lipinski definition) is 1. The van der Waals surface area contributed by atoms with E-state index < -0.39 is 0 Å².